The Morgan fingerprint density at radius 1 is 1.11 bits per heavy atom. The number of ether oxygens (including phenoxy) is 2. The Hall–Kier alpha value is -2.69. The SMILES string of the molecule is COc1ccc(OCC(=O)N2CCC[C@@H](Nc3ccc(C)c(C)c3)C2)cc1. The molecule has 0 spiro atoms. The Morgan fingerprint density at radius 2 is 1.85 bits per heavy atom. The molecular formula is C22H28N2O3. The number of piperidine rings is 1. The Morgan fingerprint density at radius 3 is 2.56 bits per heavy atom. The van der Waals surface area contributed by atoms with Crippen molar-refractivity contribution < 1.29 is 14.3 Å². The smallest absolute Gasteiger partial charge is 0.260 e. The van der Waals surface area contributed by atoms with Crippen LogP contribution in [0, 0.1) is 13.8 Å². The highest BCUT2D eigenvalue weighted by atomic mass is 16.5. The first-order valence-corrected chi connectivity index (χ1v) is 9.43. The van der Waals surface area contributed by atoms with E-state index in [1.165, 1.54) is 11.1 Å². The van der Waals surface area contributed by atoms with Crippen LogP contribution in [0.3, 0.4) is 0 Å². The van der Waals surface area contributed by atoms with Crippen LogP contribution < -0.4 is 14.8 Å². The maximum atomic E-state index is 12.5. The highest BCUT2D eigenvalue weighted by Crippen LogP contribution is 2.20. The first-order valence-electron chi connectivity index (χ1n) is 9.43. The van der Waals surface area contributed by atoms with Crippen LogP contribution in [0.15, 0.2) is 42.5 Å². The predicted molar refractivity (Wildman–Crippen MR) is 108 cm³/mol. The molecule has 27 heavy (non-hydrogen) atoms. The van der Waals surface area contributed by atoms with E-state index in [1.54, 1.807) is 7.11 Å². The maximum Gasteiger partial charge on any atom is 0.260 e. The van der Waals surface area contributed by atoms with E-state index in [1.807, 2.05) is 29.2 Å². The monoisotopic (exact) mass is 368 g/mol. The fourth-order valence-corrected chi connectivity index (χ4v) is 3.30. The topological polar surface area (TPSA) is 50.8 Å². The molecule has 1 heterocycles. The molecule has 0 radical (unpaired) electrons. The summed E-state index contributed by atoms with van der Waals surface area (Å²) in [7, 11) is 1.62. The number of anilines is 1. The molecule has 5 nitrogen and oxygen atoms in total. The van der Waals surface area contributed by atoms with Crippen LogP contribution in [0.1, 0.15) is 24.0 Å². The number of hydrogen-bond acceptors (Lipinski definition) is 4. The van der Waals surface area contributed by atoms with Gasteiger partial charge in [0, 0.05) is 24.8 Å². The van der Waals surface area contributed by atoms with Crippen molar-refractivity contribution in [3.05, 3.63) is 53.6 Å². The van der Waals surface area contributed by atoms with E-state index < -0.39 is 0 Å². The molecule has 1 amide bonds. The van der Waals surface area contributed by atoms with E-state index in [0.29, 0.717) is 12.3 Å². The van der Waals surface area contributed by atoms with Crippen molar-refractivity contribution in [1.29, 1.82) is 0 Å². The van der Waals surface area contributed by atoms with Gasteiger partial charge in [-0.3, -0.25) is 4.79 Å². The largest absolute Gasteiger partial charge is 0.497 e. The molecule has 3 rings (SSSR count). The molecule has 0 bridgehead atoms. The zero-order valence-electron chi connectivity index (χ0n) is 16.3. The average molecular weight is 368 g/mol. The van der Waals surface area contributed by atoms with E-state index in [4.69, 9.17) is 9.47 Å². The summed E-state index contributed by atoms with van der Waals surface area (Å²) in [5.74, 6) is 1.47. The third kappa shape index (κ3) is 5.16. The minimum absolute atomic E-state index is 0.0254. The van der Waals surface area contributed by atoms with E-state index in [9.17, 15) is 4.79 Å². The van der Waals surface area contributed by atoms with Gasteiger partial charge in [0.15, 0.2) is 6.61 Å². The van der Waals surface area contributed by atoms with Crippen LogP contribution >= 0.6 is 0 Å². The summed E-state index contributed by atoms with van der Waals surface area (Å²) < 4.78 is 10.8. The summed E-state index contributed by atoms with van der Waals surface area (Å²) in [5, 5.41) is 3.57. The lowest BCUT2D eigenvalue weighted by molar-refractivity contribution is -0.134. The standard InChI is InChI=1S/C22H28N2O3/c1-16-6-7-18(13-17(16)2)23-19-5-4-12-24(14-19)22(25)15-27-21-10-8-20(26-3)9-11-21/h6-11,13,19,23H,4-5,12,14-15H2,1-3H3/t19-/m1/s1. The minimum Gasteiger partial charge on any atom is -0.497 e. The van der Waals surface area contributed by atoms with Crippen molar-refractivity contribution in [1.82, 2.24) is 4.90 Å². The summed E-state index contributed by atoms with van der Waals surface area (Å²) in [5.41, 5.74) is 3.68. The molecule has 0 unspecified atom stereocenters. The van der Waals surface area contributed by atoms with Crippen LogP contribution in [0.2, 0.25) is 0 Å². The molecule has 1 aliphatic heterocycles. The van der Waals surface area contributed by atoms with Gasteiger partial charge in [0.25, 0.3) is 5.91 Å². The normalized spacial score (nSPS) is 16.7. The van der Waals surface area contributed by atoms with Gasteiger partial charge >= 0.3 is 0 Å². The van der Waals surface area contributed by atoms with Crippen molar-refractivity contribution >= 4 is 11.6 Å². The van der Waals surface area contributed by atoms with E-state index >= 15 is 0 Å². The number of benzene rings is 2. The maximum absolute atomic E-state index is 12.5. The van der Waals surface area contributed by atoms with Gasteiger partial charge in [0.2, 0.25) is 0 Å². The number of carbonyl (C=O) groups is 1. The predicted octanol–water partition coefficient (Wildman–Crippen LogP) is 3.79. The second-order valence-corrected chi connectivity index (χ2v) is 7.09. The van der Waals surface area contributed by atoms with Crippen LogP contribution in [0.25, 0.3) is 0 Å². The molecule has 1 N–H and O–H groups in total. The quantitative estimate of drug-likeness (QED) is 0.843. The lowest BCUT2D eigenvalue weighted by Crippen LogP contribution is -2.46. The molecule has 2 aromatic rings. The Bertz CT molecular complexity index is 774. The third-order valence-electron chi connectivity index (χ3n) is 5.07. The molecular weight excluding hydrogens is 340 g/mol. The summed E-state index contributed by atoms with van der Waals surface area (Å²) in [6.45, 7) is 5.78. The van der Waals surface area contributed by atoms with Crippen molar-refractivity contribution in [2.24, 2.45) is 0 Å². The third-order valence-corrected chi connectivity index (χ3v) is 5.07. The molecule has 0 saturated carbocycles. The first-order chi connectivity index (χ1) is 13.0. The number of methoxy groups -OCH3 is 1. The fourth-order valence-electron chi connectivity index (χ4n) is 3.30. The molecule has 1 aliphatic rings. The fraction of sp³-hybridized carbons (Fsp3) is 0.409. The molecule has 0 aliphatic carbocycles. The molecule has 2 aromatic carbocycles. The summed E-state index contributed by atoms with van der Waals surface area (Å²) in [6, 6.07) is 13.9. The van der Waals surface area contributed by atoms with Gasteiger partial charge < -0.3 is 19.7 Å². The number of amides is 1. The van der Waals surface area contributed by atoms with Gasteiger partial charge in [-0.2, -0.15) is 0 Å². The highest BCUT2D eigenvalue weighted by molar-refractivity contribution is 5.78. The summed E-state index contributed by atoms with van der Waals surface area (Å²) in [6.07, 6.45) is 2.06. The highest BCUT2D eigenvalue weighted by Gasteiger charge is 2.24. The number of nitrogens with one attached hydrogen (secondary N) is 1. The Kier molecular flexibility index (Phi) is 6.22. The van der Waals surface area contributed by atoms with Crippen molar-refractivity contribution in [3.8, 4) is 11.5 Å². The van der Waals surface area contributed by atoms with Gasteiger partial charge in [0.1, 0.15) is 11.5 Å². The van der Waals surface area contributed by atoms with Crippen molar-refractivity contribution in [3.63, 3.8) is 0 Å². The van der Waals surface area contributed by atoms with Gasteiger partial charge in [-0.25, -0.2) is 0 Å². The van der Waals surface area contributed by atoms with Crippen LogP contribution in [-0.4, -0.2) is 43.7 Å². The zero-order valence-corrected chi connectivity index (χ0v) is 16.3. The molecule has 1 fully saturated rings. The van der Waals surface area contributed by atoms with E-state index in [-0.39, 0.29) is 18.6 Å². The Balaban J connectivity index is 1.51. The molecule has 5 heteroatoms. The zero-order chi connectivity index (χ0) is 19.2. The molecule has 0 aromatic heterocycles. The van der Waals surface area contributed by atoms with E-state index in [0.717, 1.165) is 30.8 Å². The number of hydrogen-bond donors (Lipinski definition) is 1. The summed E-state index contributed by atoms with van der Waals surface area (Å²) in [4.78, 5) is 14.4. The van der Waals surface area contributed by atoms with Gasteiger partial charge in [-0.05, 0) is 74.2 Å². The van der Waals surface area contributed by atoms with Crippen LogP contribution in [0.4, 0.5) is 5.69 Å². The lowest BCUT2D eigenvalue weighted by Gasteiger charge is -2.33. The average Bonchev–Trinajstić information content (AvgIpc) is 2.69. The van der Waals surface area contributed by atoms with Gasteiger partial charge in [-0.1, -0.05) is 6.07 Å². The molecule has 1 saturated heterocycles. The van der Waals surface area contributed by atoms with E-state index in [2.05, 4.69) is 37.4 Å². The first kappa shape index (κ1) is 19.1. The van der Waals surface area contributed by atoms with Crippen LogP contribution in [0.5, 0.6) is 11.5 Å². The van der Waals surface area contributed by atoms with Crippen LogP contribution in [-0.2, 0) is 4.79 Å². The summed E-state index contributed by atoms with van der Waals surface area (Å²) >= 11 is 0. The molecule has 144 valence electrons. The Labute approximate surface area is 161 Å². The molecule has 1 atom stereocenters. The second-order valence-electron chi connectivity index (χ2n) is 7.09. The number of aryl methyl sites for hydroxylation is 2. The minimum atomic E-state index is 0.0254. The second kappa shape index (κ2) is 8.80. The number of carbonyl (C=O) groups excluding carboxylic acids is 1. The number of nitrogens with zero attached hydrogens (tertiary/aromatic N) is 1. The lowest BCUT2D eigenvalue weighted by atomic mass is 10.0. The number of likely N-dealkylation sites (tertiary alicyclic amines) is 1. The van der Waals surface area contributed by atoms with Gasteiger partial charge in [-0.15, -0.1) is 0 Å². The van der Waals surface area contributed by atoms with Crippen molar-refractivity contribution in [2.75, 3.05) is 32.1 Å². The van der Waals surface area contributed by atoms with Crippen molar-refractivity contribution in [2.45, 2.75) is 32.7 Å². The number of rotatable bonds is 6. The van der Waals surface area contributed by atoms with Gasteiger partial charge in [0.05, 0.1) is 7.11 Å².